The number of ether oxygens (including phenoxy) is 1. The maximum absolute atomic E-state index is 12.6. The Kier molecular flexibility index (Phi) is 8.65. The number of amides is 1. The number of hydrogen-bond acceptors (Lipinski definition) is 8. The number of carbonyl (C=O) groups excluding carboxylic acids is 1. The lowest BCUT2D eigenvalue weighted by atomic mass is 10.0. The molecule has 0 N–H and O–H groups in total. The fourth-order valence-electron chi connectivity index (χ4n) is 3.71. The van der Waals surface area contributed by atoms with E-state index in [1.54, 1.807) is 41.4 Å². The first-order chi connectivity index (χ1) is 18.6. The first-order valence-electron chi connectivity index (χ1n) is 11.9. The molecule has 3 aromatic rings. The lowest BCUT2D eigenvalue weighted by Gasteiger charge is -2.20. The van der Waals surface area contributed by atoms with Crippen molar-refractivity contribution < 1.29 is 22.7 Å². The van der Waals surface area contributed by atoms with Gasteiger partial charge in [-0.25, -0.2) is 9.97 Å². The second kappa shape index (κ2) is 12.1. The Morgan fingerprint density at radius 3 is 2.46 bits per heavy atom. The number of thioether (sulfide) groups is 1. The summed E-state index contributed by atoms with van der Waals surface area (Å²) in [5.74, 6) is 0.574. The van der Waals surface area contributed by atoms with E-state index in [0.717, 1.165) is 11.3 Å². The summed E-state index contributed by atoms with van der Waals surface area (Å²) in [6, 6.07) is 13.2. The normalized spacial score (nSPS) is 15.3. The summed E-state index contributed by atoms with van der Waals surface area (Å²) in [6.07, 6.45) is 3.40. The number of alkyl halides is 3. The third-order valence-corrected chi connectivity index (χ3v) is 6.48. The molecule has 1 aliphatic heterocycles. The van der Waals surface area contributed by atoms with Gasteiger partial charge in [-0.3, -0.25) is 9.69 Å². The summed E-state index contributed by atoms with van der Waals surface area (Å²) in [7, 11) is 1.70. The van der Waals surface area contributed by atoms with E-state index >= 15 is 0 Å². The van der Waals surface area contributed by atoms with E-state index in [-0.39, 0.29) is 17.6 Å². The molecule has 1 aromatic heterocycles. The standard InChI is InChI=1S/C27H25F3N6O2S/c1-18(2)22-8-4-5-9-23(22)36-24(37)17-39-26(36)34-33-14-6-7-19-15-31-25(32-16-19)35(3)20-10-12-21(13-11-20)38-27(28,29)30/h4-16,18H,17H2,1-3H3/b7-6?,33-14+,34-26-. The smallest absolute Gasteiger partial charge is 0.406 e. The van der Waals surface area contributed by atoms with Crippen molar-refractivity contribution in [2.75, 3.05) is 22.6 Å². The van der Waals surface area contributed by atoms with Crippen molar-refractivity contribution in [2.45, 2.75) is 26.1 Å². The Morgan fingerprint density at radius 2 is 1.79 bits per heavy atom. The van der Waals surface area contributed by atoms with E-state index in [1.807, 2.05) is 24.3 Å². The number of carbonyl (C=O) groups is 1. The van der Waals surface area contributed by atoms with Crippen molar-refractivity contribution >= 4 is 52.5 Å². The Balaban J connectivity index is 1.38. The number of nitrogens with zero attached hydrogens (tertiary/aromatic N) is 6. The first kappa shape index (κ1) is 27.8. The lowest BCUT2D eigenvalue weighted by Crippen LogP contribution is -2.30. The van der Waals surface area contributed by atoms with Crippen LogP contribution in [0.3, 0.4) is 0 Å². The molecule has 12 heteroatoms. The Hall–Kier alpha value is -4.19. The summed E-state index contributed by atoms with van der Waals surface area (Å²) in [6.45, 7) is 4.16. The summed E-state index contributed by atoms with van der Waals surface area (Å²) < 4.78 is 40.9. The van der Waals surface area contributed by atoms with Gasteiger partial charge in [-0.05, 0) is 47.9 Å². The molecule has 2 aromatic carbocycles. The zero-order valence-electron chi connectivity index (χ0n) is 21.3. The van der Waals surface area contributed by atoms with Crippen molar-refractivity contribution in [3.63, 3.8) is 0 Å². The molecule has 1 saturated heterocycles. The largest absolute Gasteiger partial charge is 0.573 e. The molecular weight excluding hydrogens is 529 g/mol. The SMILES string of the molecule is CC(C)c1ccccc1N1C(=O)CS/C1=N\N=C\C=Cc1cnc(N(C)c2ccc(OC(F)(F)F)cc2)nc1. The van der Waals surface area contributed by atoms with Gasteiger partial charge in [0.1, 0.15) is 5.75 Å². The van der Waals surface area contributed by atoms with Gasteiger partial charge in [0.15, 0.2) is 5.17 Å². The highest BCUT2D eigenvalue weighted by Gasteiger charge is 2.32. The van der Waals surface area contributed by atoms with Crippen LogP contribution in [0, 0.1) is 0 Å². The Labute approximate surface area is 227 Å². The predicted molar refractivity (Wildman–Crippen MR) is 149 cm³/mol. The fourth-order valence-corrected chi connectivity index (χ4v) is 4.52. The number of anilines is 3. The van der Waals surface area contributed by atoms with Crippen molar-refractivity contribution in [2.24, 2.45) is 10.2 Å². The number of hydrogen-bond donors (Lipinski definition) is 0. The number of allylic oxidation sites excluding steroid dienone is 1. The van der Waals surface area contributed by atoms with Crippen LogP contribution < -0.4 is 14.5 Å². The minimum atomic E-state index is -4.74. The molecule has 0 atom stereocenters. The van der Waals surface area contributed by atoms with Gasteiger partial charge in [0.05, 0.1) is 11.4 Å². The topological polar surface area (TPSA) is 83.3 Å². The Morgan fingerprint density at radius 1 is 1.10 bits per heavy atom. The van der Waals surface area contributed by atoms with E-state index in [9.17, 15) is 18.0 Å². The van der Waals surface area contributed by atoms with Crippen molar-refractivity contribution in [1.82, 2.24) is 9.97 Å². The van der Waals surface area contributed by atoms with Gasteiger partial charge in [0, 0.05) is 36.9 Å². The summed E-state index contributed by atoms with van der Waals surface area (Å²) in [5, 5.41) is 8.87. The molecule has 1 aliphatic rings. The van der Waals surface area contributed by atoms with E-state index in [2.05, 4.69) is 38.8 Å². The number of amidine groups is 1. The molecule has 202 valence electrons. The van der Waals surface area contributed by atoms with E-state index in [0.29, 0.717) is 28.1 Å². The average Bonchev–Trinajstić information content (AvgIpc) is 3.27. The van der Waals surface area contributed by atoms with Crippen LogP contribution in [-0.4, -0.2) is 46.4 Å². The molecule has 1 fully saturated rings. The summed E-state index contributed by atoms with van der Waals surface area (Å²) in [5.41, 5.74) is 3.18. The zero-order valence-corrected chi connectivity index (χ0v) is 22.1. The lowest BCUT2D eigenvalue weighted by molar-refractivity contribution is -0.274. The quantitative estimate of drug-likeness (QED) is 0.237. The zero-order chi connectivity index (χ0) is 28.0. The first-order valence-corrected chi connectivity index (χ1v) is 12.8. The molecule has 4 rings (SSSR count). The van der Waals surface area contributed by atoms with Gasteiger partial charge >= 0.3 is 6.36 Å². The molecule has 8 nitrogen and oxygen atoms in total. The molecule has 2 heterocycles. The fraction of sp³-hybridized carbons (Fsp3) is 0.222. The molecule has 0 aliphatic carbocycles. The van der Waals surface area contributed by atoms with Crippen LogP contribution in [0.15, 0.2) is 77.2 Å². The highest BCUT2D eigenvalue weighted by atomic mass is 32.2. The minimum absolute atomic E-state index is 0.0367. The second-order valence-electron chi connectivity index (χ2n) is 8.65. The molecular formula is C27H25F3N6O2S. The van der Waals surface area contributed by atoms with E-state index in [1.165, 1.54) is 42.2 Å². The van der Waals surface area contributed by atoms with Crippen LogP contribution in [0.1, 0.15) is 30.9 Å². The van der Waals surface area contributed by atoms with Gasteiger partial charge in [-0.15, -0.1) is 18.3 Å². The predicted octanol–water partition coefficient (Wildman–Crippen LogP) is 6.40. The molecule has 0 bridgehead atoms. The second-order valence-corrected chi connectivity index (χ2v) is 9.60. The molecule has 0 spiro atoms. The van der Waals surface area contributed by atoms with Crippen LogP contribution in [-0.2, 0) is 4.79 Å². The molecule has 1 amide bonds. The highest BCUT2D eigenvalue weighted by molar-refractivity contribution is 8.15. The number of halogens is 3. The molecule has 0 unspecified atom stereocenters. The number of benzene rings is 2. The van der Waals surface area contributed by atoms with E-state index < -0.39 is 6.36 Å². The number of rotatable bonds is 8. The van der Waals surface area contributed by atoms with Crippen molar-refractivity contribution in [3.05, 3.63) is 78.1 Å². The highest BCUT2D eigenvalue weighted by Crippen LogP contribution is 2.33. The van der Waals surface area contributed by atoms with Crippen molar-refractivity contribution in [3.8, 4) is 5.75 Å². The monoisotopic (exact) mass is 554 g/mol. The van der Waals surface area contributed by atoms with Crippen molar-refractivity contribution in [1.29, 1.82) is 0 Å². The van der Waals surface area contributed by atoms with Crippen LogP contribution in [0.4, 0.5) is 30.5 Å². The molecule has 0 saturated carbocycles. The molecule has 0 radical (unpaired) electrons. The van der Waals surface area contributed by atoms with Crippen LogP contribution in [0.2, 0.25) is 0 Å². The maximum Gasteiger partial charge on any atom is 0.573 e. The maximum atomic E-state index is 12.6. The van der Waals surface area contributed by atoms with Crippen LogP contribution >= 0.6 is 11.8 Å². The van der Waals surface area contributed by atoms with E-state index in [4.69, 9.17) is 0 Å². The van der Waals surface area contributed by atoms with Gasteiger partial charge in [0.2, 0.25) is 11.9 Å². The minimum Gasteiger partial charge on any atom is -0.406 e. The summed E-state index contributed by atoms with van der Waals surface area (Å²) >= 11 is 1.34. The third kappa shape index (κ3) is 7.23. The van der Waals surface area contributed by atoms with Gasteiger partial charge < -0.3 is 9.64 Å². The van der Waals surface area contributed by atoms with Gasteiger partial charge in [-0.1, -0.05) is 49.9 Å². The average molecular weight is 555 g/mol. The third-order valence-electron chi connectivity index (χ3n) is 5.57. The van der Waals surface area contributed by atoms with Gasteiger partial charge in [0.25, 0.3) is 0 Å². The van der Waals surface area contributed by atoms with Crippen LogP contribution in [0.25, 0.3) is 6.08 Å². The number of aromatic nitrogens is 2. The van der Waals surface area contributed by atoms with Gasteiger partial charge in [-0.2, -0.15) is 5.10 Å². The Bertz CT molecular complexity index is 1390. The molecule has 39 heavy (non-hydrogen) atoms. The van der Waals surface area contributed by atoms with Crippen LogP contribution in [0.5, 0.6) is 5.75 Å². The summed E-state index contributed by atoms with van der Waals surface area (Å²) in [4.78, 5) is 24.4. The number of para-hydroxylation sites is 1.